The second-order valence-corrected chi connectivity index (χ2v) is 7.54. The molecule has 5 heteroatoms. The Labute approximate surface area is 176 Å². The number of hydrogen-bond donors (Lipinski definition) is 1. The number of nitrogens with one attached hydrogen (secondary N) is 1. The van der Waals surface area contributed by atoms with Crippen molar-refractivity contribution in [3.05, 3.63) is 83.4 Å². The first-order valence-electron chi connectivity index (χ1n) is 10.1. The van der Waals surface area contributed by atoms with Crippen molar-refractivity contribution in [3.63, 3.8) is 0 Å². The number of nitrogens with zero attached hydrogens (tertiary/aromatic N) is 1. The van der Waals surface area contributed by atoms with Crippen LogP contribution in [0.25, 0.3) is 0 Å². The van der Waals surface area contributed by atoms with E-state index in [9.17, 15) is 9.59 Å². The van der Waals surface area contributed by atoms with E-state index in [4.69, 9.17) is 4.74 Å². The smallest absolute Gasteiger partial charge is 0.261 e. The second kappa shape index (κ2) is 8.41. The van der Waals surface area contributed by atoms with E-state index in [0.717, 1.165) is 24.1 Å². The Kier molecular flexibility index (Phi) is 5.53. The van der Waals surface area contributed by atoms with Crippen LogP contribution in [0.15, 0.2) is 66.7 Å². The van der Waals surface area contributed by atoms with Crippen molar-refractivity contribution >= 4 is 23.2 Å². The van der Waals surface area contributed by atoms with Gasteiger partial charge in [-0.3, -0.25) is 9.59 Å². The summed E-state index contributed by atoms with van der Waals surface area (Å²) >= 11 is 0. The third-order valence-electron chi connectivity index (χ3n) is 5.21. The monoisotopic (exact) mass is 400 g/mol. The maximum absolute atomic E-state index is 13.0. The van der Waals surface area contributed by atoms with Crippen LogP contribution in [-0.2, 0) is 11.2 Å². The van der Waals surface area contributed by atoms with Gasteiger partial charge in [-0.15, -0.1) is 0 Å². The van der Waals surface area contributed by atoms with Crippen LogP contribution in [0.5, 0.6) is 11.5 Å². The van der Waals surface area contributed by atoms with Gasteiger partial charge in [0.1, 0.15) is 5.75 Å². The van der Waals surface area contributed by atoms with Crippen LogP contribution in [0.4, 0.5) is 11.4 Å². The highest BCUT2D eigenvalue weighted by Gasteiger charge is 2.26. The van der Waals surface area contributed by atoms with Gasteiger partial charge in [0.05, 0.1) is 11.3 Å². The molecule has 0 radical (unpaired) electrons. The summed E-state index contributed by atoms with van der Waals surface area (Å²) in [5.41, 5.74) is 4.00. The summed E-state index contributed by atoms with van der Waals surface area (Å²) in [6, 6.07) is 21.0. The second-order valence-electron chi connectivity index (χ2n) is 7.54. The molecule has 0 unspecified atom stereocenters. The SMILES string of the molecule is Cc1ccc2c(c1)N(C)C(=O)c1cc(NC(=O)CCCc3ccccc3)ccc1O2. The summed E-state index contributed by atoms with van der Waals surface area (Å²) in [5, 5.41) is 2.90. The standard InChI is InChI=1S/C25H24N2O3/c1-17-11-13-23-21(15-17)27(2)25(29)20-16-19(12-14-22(20)30-23)26-24(28)10-6-9-18-7-4-3-5-8-18/h3-5,7-8,11-16H,6,9-10H2,1-2H3,(H,26,28). The number of carbonyl (C=O) groups is 2. The lowest BCUT2D eigenvalue weighted by atomic mass is 10.1. The summed E-state index contributed by atoms with van der Waals surface area (Å²) in [6.07, 6.45) is 2.04. The Morgan fingerprint density at radius 3 is 2.57 bits per heavy atom. The molecule has 0 spiro atoms. The van der Waals surface area contributed by atoms with E-state index in [1.807, 2.05) is 43.3 Å². The fourth-order valence-electron chi connectivity index (χ4n) is 3.57. The first kappa shape index (κ1) is 19.7. The van der Waals surface area contributed by atoms with Crippen LogP contribution < -0.4 is 15.0 Å². The maximum atomic E-state index is 13.0. The Hall–Kier alpha value is -3.60. The molecule has 2 amide bonds. The first-order valence-corrected chi connectivity index (χ1v) is 10.1. The Balaban J connectivity index is 1.46. The van der Waals surface area contributed by atoms with Crippen LogP contribution in [0, 0.1) is 6.92 Å². The molecule has 1 aliphatic rings. The van der Waals surface area contributed by atoms with Crippen LogP contribution >= 0.6 is 0 Å². The Morgan fingerprint density at radius 2 is 1.77 bits per heavy atom. The fraction of sp³-hybridized carbons (Fsp3) is 0.200. The van der Waals surface area contributed by atoms with Crippen molar-refractivity contribution < 1.29 is 14.3 Å². The van der Waals surface area contributed by atoms with Crippen molar-refractivity contribution in [2.24, 2.45) is 0 Å². The maximum Gasteiger partial charge on any atom is 0.261 e. The molecule has 0 bridgehead atoms. The predicted octanol–water partition coefficient (Wildman–Crippen LogP) is 5.34. The molecule has 1 heterocycles. The molecule has 0 saturated heterocycles. The zero-order chi connectivity index (χ0) is 21.1. The fourth-order valence-corrected chi connectivity index (χ4v) is 3.57. The molecule has 0 saturated carbocycles. The number of ether oxygens (including phenoxy) is 1. The molecular formula is C25H24N2O3. The lowest BCUT2D eigenvalue weighted by Gasteiger charge is -2.16. The third-order valence-corrected chi connectivity index (χ3v) is 5.21. The number of fused-ring (bicyclic) bond motifs is 2. The highest BCUT2D eigenvalue weighted by atomic mass is 16.5. The molecule has 0 aliphatic carbocycles. The van der Waals surface area contributed by atoms with E-state index < -0.39 is 0 Å². The first-order chi connectivity index (χ1) is 14.5. The number of anilines is 2. The number of amides is 2. The summed E-state index contributed by atoms with van der Waals surface area (Å²) < 4.78 is 6.00. The number of carbonyl (C=O) groups excluding carboxylic acids is 2. The van der Waals surface area contributed by atoms with Gasteiger partial charge < -0.3 is 15.0 Å². The van der Waals surface area contributed by atoms with Gasteiger partial charge >= 0.3 is 0 Å². The molecule has 0 atom stereocenters. The van der Waals surface area contributed by atoms with Gasteiger partial charge in [0.25, 0.3) is 5.91 Å². The van der Waals surface area contributed by atoms with E-state index in [-0.39, 0.29) is 11.8 Å². The topological polar surface area (TPSA) is 58.6 Å². The summed E-state index contributed by atoms with van der Waals surface area (Å²) in [5.74, 6) is 0.874. The van der Waals surface area contributed by atoms with Gasteiger partial charge in [-0.1, -0.05) is 36.4 Å². The Morgan fingerprint density at radius 1 is 1.00 bits per heavy atom. The summed E-state index contributed by atoms with van der Waals surface area (Å²) in [6.45, 7) is 1.97. The van der Waals surface area contributed by atoms with Crippen LogP contribution in [0.3, 0.4) is 0 Å². The third kappa shape index (κ3) is 4.20. The van der Waals surface area contributed by atoms with E-state index in [1.165, 1.54) is 5.56 Å². The minimum absolute atomic E-state index is 0.0693. The highest BCUT2D eigenvalue weighted by molar-refractivity contribution is 6.10. The average Bonchev–Trinajstić information content (AvgIpc) is 2.84. The minimum atomic E-state index is -0.172. The normalized spacial score (nSPS) is 12.5. The number of hydrogen-bond acceptors (Lipinski definition) is 3. The molecule has 4 rings (SSSR count). The van der Waals surface area contributed by atoms with Crippen molar-refractivity contribution in [2.45, 2.75) is 26.2 Å². The molecule has 0 fully saturated rings. The van der Waals surface area contributed by atoms with E-state index in [0.29, 0.717) is 29.2 Å². The van der Waals surface area contributed by atoms with Crippen molar-refractivity contribution in [3.8, 4) is 11.5 Å². The van der Waals surface area contributed by atoms with E-state index in [2.05, 4.69) is 17.4 Å². The van der Waals surface area contributed by atoms with Gasteiger partial charge in [-0.2, -0.15) is 0 Å². The van der Waals surface area contributed by atoms with Gasteiger partial charge in [-0.25, -0.2) is 0 Å². The number of benzene rings is 3. The quantitative estimate of drug-likeness (QED) is 0.629. The molecule has 152 valence electrons. The molecule has 1 aliphatic heterocycles. The zero-order valence-corrected chi connectivity index (χ0v) is 17.1. The van der Waals surface area contributed by atoms with Crippen LogP contribution in [-0.4, -0.2) is 18.9 Å². The molecule has 1 N–H and O–H groups in total. The molecular weight excluding hydrogens is 376 g/mol. The molecule has 0 aromatic heterocycles. The number of rotatable bonds is 5. The lowest BCUT2D eigenvalue weighted by molar-refractivity contribution is -0.116. The zero-order valence-electron chi connectivity index (χ0n) is 17.1. The number of aryl methyl sites for hydroxylation is 2. The van der Waals surface area contributed by atoms with Gasteiger partial charge in [0, 0.05) is 19.2 Å². The largest absolute Gasteiger partial charge is 0.454 e. The minimum Gasteiger partial charge on any atom is -0.454 e. The summed E-state index contributed by atoms with van der Waals surface area (Å²) in [4.78, 5) is 27.0. The predicted molar refractivity (Wildman–Crippen MR) is 118 cm³/mol. The lowest BCUT2D eigenvalue weighted by Crippen LogP contribution is -2.25. The van der Waals surface area contributed by atoms with Crippen LogP contribution in [0.1, 0.15) is 34.3 Å². The van der Waals surface area contributed by atoms with Crippen LogP contribution in [0.2, 0.25) is 0 Å². The molecule has 3 aromatic rings. The molecule has 3 aromatic carbocycles. The van der Waals surface area contributed by atoms with E-state index >= 15 is 0 Å². The van der Waals surface area contributed by atoms with Gasteiger partial charge in [0.15, 0.2) is 5.75 Å². The molecule has 30 heavy (non-hydrogen) atoms. The average molecular weight is 400 g/mol. The summed E-state index contributed by atoms with van der Waals surface area (Å²) in [7, 11) is 1.73. The van der Waals surface area contributed by atoms with Gasteiger partial charge in [0.2, 0.25) is 5.91 Å². The Bertz CT molecular complexity index is 1090. The van der Waals surface area contributed by atoms with Crippen molar-refractivity contribution in [1.82, 2.24) is 0 Å². The van der Waals surface area contributed by atoms with Crippen molar-refractivity contribution in [1.29, 1.82) is 0 Å². The van der Waals surface area contributed by atoms with Crippen molar-refractivity contribution in [2.75, 3.05) is 17.3 Å². The van der Waals surface area contributed by atoms with Gasteiger partial charge in [-0.05, 0) is 61.2 Å². The molecule has 5 nitrogen and oxygen atoms in total. The highest BCUT2D eigenvalue weighted by Crippen LogP contribution is 2.39. The van der Waals surface area contributed by atoms with E-state index in [1.54, 1.807) is 30.1 Å².